The summed E-state index contributed by atoms with van der Waals surface area (Å²) < 4.78 is 10.4. The van der Waals surface area contributed by atoms with Gasteiger partial charge in [0, 0.05) is 11.1 Å². The molecule has 0 unspecified atom stereocenters. The molecule has 0 amide bonds. The van der Waals surface area contributed by atoms with Gasteiger partial charge in [0.2, 0.25) is 0 Å². The van der Waals surface area contributed by atoms with Crippen molar-refractivity contribution in [2.75, 3.05) is 13.2 Å². The molecule has 71 heavy (non-hydrogen) atoms. The number of unbranched alkanes of at least 4 members (excludes halogenated alkanes) is 28. The summed E-state index contributed by atoms with van der Waals surface area (Å²) in [6.07, 6.45) is 51.0. The van der Waals surface area contributed by atoms with Gasteiger partial charge in [-0.2, -0.15) is 0 Å². The van der Waals surface area contributed by atoms with Crippen LogP contribution in [-0.2, 0) is 9.47 Å². The van der Waals surface area contributed by atoms with Crippen LogP contribution >= 0.6 is 0 Å². The van der Waals surface area contributed by atoms with Crippen LogP contribution in [0.3, 0.4) is 0 Å². The van der Waals surface area contributed by atoms with Crippen LogP contribution < -0.4 is 10.2 Å². The van der Waals surface area contributed by atoms with E-state index in [1.165, 1.54) is 178 Å². The molecule has 4 radical (unpaired) electrons. The number of rotatable bonds is 40. The number of carbonyl (C=O) groups is 4. The Kier molecular flexibility index (Phi) is 58.2. The van der Waals surface area contributed by atoms with Gasteiger partial charge in [0.15, 0.2) is 0 Å². The van der Waals surface area contributed by atoms with E-state index in [4.69, 9.17) is 9.47 Å². The Morgan fingerprint density at radius 3 is 0.901 bits per heavy atom. The second-order valence-electron chi connectivity index (χ2n) is 18.2. The Balaban J connectivity index is -0.000000986. The number of ether oxygens (including phenoxy) is 2. The largest absolute Gasteiger partial charge is 2.00 e. The fourth-order valence-corrected chi connectivity index (χ4v) is 7.36. The third-order valence-electron chi connectivity index (χ3n) is 11.7. The first-order chi connectivity index (χ1) is 34.2. The van der Waals surface area contributed by atoms with E-state index in [1.807, 2.05) is 0 Å². The molecule has 0 aliphatic rings. The van der Waals surface area contributed by atoms with E-state index < -0.39 is 23.9 Å². The first-order valence-corrected chi connectivity index (χ1v) is 28.0. The summed E-state index contributed by atoms with van der Waals surface area (Å²) in [5.74, 6) is -3.92. The van der Waals surface area contributed by atoms with E-state index in [1.54, 1.807) is 24.3 Å². The molecule has 0 spiro atoms. The van der Waals surface area contributed by atoms with Gasteiger partial charge in [0.05, 0.1) is 36.3 Å². The predicted molar refractivity (Wildman–Crippen MR) is 297 cm³/mol. The van der Waals surface area contributed by atoms with Gasteiger partial charge in [-0.1, -0.05) is 256 Å². The molecule has 0 atom stereocenters. The third-order valence-corrected chi connectivity index (χ3v) is 11.7. The SMILES string of the molecule is CCCCCC/C=C/CCCCCCCOC(=O)c1ccccc1C(=O)[O-].CCCCCC/C=C/CCCCCCCOC(=O)c1ccccc1C(=O)[O-].[CH2]CCCCCCC.[CH2]CCCCCCC.[Sn+2]. The fourth-order valence-electron chi connectivity index (χ4n) is 7.36. The Bertz CT molecular complexity index is 1440. The molecule has 0 N–H and O–H groups in total. The summed E-state index contributed by atoms with van der Waals surface area (Å²) in [5, 5.41) is 22.0. The number of aromatic carboxylic acids is 2. The van der Waals surface area contributed by atoms with Crippen molar-refractivity contribution in [3.63, 3.8) is 0 Å². The van der Waals surface area contributed by atoms with Crippen LogP contribution in [0, 0.1) is 13.8 Å². The van der Waals surface area contributed by atoms with Crippen molar-refractivity contribution in [3.8, 4) is 0 Å². The maximum atomic E-state index is 12.0. The maximum Gasteiger partial charge on any atom is 2.00 e. The molecule has 0 saturated heterocycles. The molecule has 2 aromatic carbocycles. The topological polar surface area (TPSA) is 133 Å². The van der Waals surface area contributed by atoms with Crippen LogP contribution in [0.4, 0.5) is 0 Å². The van der Waals surface area contributed by atoms with Crippen molar-refractivity contribution in [2.24, 2.45) is 0 Å². The van der Waals surface area contributed by atoms with Crippen molar-refractivity contribution in [1.82, 2.24) is 0 Å². The van der Waals surface area contributed by atoms with Gasteiger partial charge in [0.25, 0.3) is 0 Å². The van der Waals surface area contributed by atoms with E-state index in [0.29, 0.717) is 13.2 Å². The van der Waals surface area contributed by atoms with Crippen molar-refractivity contribution < 1.29 is 38.9 Å². The second-order valence-corrected chi connectivity index (χ2v) is 18.2. The molecule has 8 nitrogen and oxygen atoms in total. The number of allylic oxidation sites excluding steroid dienone is 4. The van der Waals surface area contributed by atoms with Crippen molar-refractivity contribution in [3.05, 3.63) is 109 Å². The van der Waals surface area contributed by atoms with Crippen LogP contribution in [0.15, 0.2) is 72.8 Å². The van der Waals surface area contributed by atoms with Gasteiger partial charge in [-0.15, -0.1) is 0 Å². The number of carbonyl (C=O) groups excluding carboxylic acids is 4. The molecule has 0 fully saturated rings. The van der Waals surface area contributed by atoms with Crippen LogP contribution in [0.25, 0.3) is 0 Å². The summed E-state index contributed by atoms with van der Waals surface area (Å²) in [7, 11) is 0. The van der Waals surface area contributed by atoms with E-state index in [2.05, 4.69) is 65.8 Å². The summed E-state index contributed by atoms with van der Waals surface area (Å²) in [5.41, 5.74) is -0.139. The average Bonchev–Trinajstić information content (AvgIpc) is 3.37. The second kappa shape index (κ2) is 57.5. The number of hydrogen-bond acceptors (Lipinski definition) is 8. The van der Waals surface area contributed by atoms with Crippen LogP contribution in [-0.4, -0.2) is 61.0 Å². The molecule has 9 heteroatoms. The zero-order chi connectivity index (χ0) is 52.0. The van der Waals surface area contributed by atoms with Gasteiger partial charge < -0.3 is 29.3 Å². The number of carboxylic acid groups (broad SMARTS) is 2. The molecule has 400 valence electrons. The maximum absolute atomic E-state index is 12.0. The fraction of sp³-hybridized carbons (Fsp3) is 0.645. The zero-order valence-electron chi connectivity index (χ0n) is 45.6. The standard InChI is InChI=1S/2C23H34O4.2C8H17.Sn/c2*1-2-3-4-5-6-7-8-9-10-11-12-13-16-19-27-23(26)21-18-15-14-17-20(21)22(24)25;2*1-3-5-7-8-6-4-2;/h2*7-8,14-15,17-18H,2-6,9-13,16,19H2,1H3,(H,24,25);2*1,3-8H2,2H3;/q;;;;+2/p-2/b2*8-7+;;;. The molecule has 0 heterocycles. The average molecular weight is 1090 g/mol. The minimum atomic E-state index is -1.36. The minimum Gasteiger partial charge on any atom is -0.545 e. The van der Waals surface area contributed by atoms with Gasteiger partial charge >= 0.3 is 35.8 Å². The number of esters is 2. The van der Waals surface area contributed by atoms with Crippen molar-refractivity contribution in [2.45, 2.75) is 246 Å². The monoisotopic (exact) mass is 1090 g/mol. The van der Waals surface area contributed by atoms with E-state index in [0.717, 1.165) is 64.2 Å². The summed E-state index contributed by atoms with van der Waals surface area (Å²) in [4.78, 5) is 45.9. The molecule has 0 aliphatic carbocycles. The number of benzene rings is 2. The third kappa shape index (κ3) is 47.4. The van der Waals surface area contributed by atoms with Crippen LogP contribution in [0.1, 0.15) is 287 Å². The first kappa shape index (κ1) is 71.8. The zero-order valence-corrected chi connectivity index (χ0v) is 48.4. The Morgan fingerprint density at radius 1 is 0.380 bits per heavy atom. The Hall–Kier alpha value is -3.40. The summed E-state index contributed by atoms with van der Waals surface area (Å²) in [6, 6.07) is 11.9. The van der Waals surface area contributed by atoms with Crippen molar-refractivity contribution >= 4 is 47.8 Å². The van der Waals surface area contributed by atoms with Gasteiger partial charge in [-0.05, 0) is 76.3 Å². The molecule has 2 rings (SSSR count). The van der Waals surface area contributed by atoms with Gasteiger partial charge in [-0.3, -0.25) is 0 Å². The molecule has 0 aromatic heterocycles. The molecular formula is C62H100O8Sn. The number of carboxylic acids is 2. The first-order valence-electron chi connectivity index (χ1n) is 28.0. The Morgan fingerprint density at radius 2 is 0.620 bits per heavy atom. The smallest absolute Gasteiger partial charge is 0.545 e. The quantitative estimate of drug-likeness (QED) is 0.0279. The van der Waals surface area contributed by atoms with Gasteiger partial charge in [0.1, 0.15) is 0 Å². The summed E-state index contributed by atoms with van der Waals surface area (Å²) in [6.45, 7) is 17.1. The van der Waals surface area contributed by atoms with E-state index in [9.17, 15) is 29.4 Å². The van der Waals surface area contributed by atoms with Crippen LogP contribution in [0.2, 0.25) is 0 Å². The molecule has 0 saturated carbocycles. The van der Waals surface area contributed by atoms with E-state index >= 15 is 0 Å². The Labute approximate surface area is 452 Å². The van der Waals surface area contributed by atoms with Gasteiger partial charge in [-0.25, -0.2) is 9.59 Å². The molecular weight excluding hydrogens is 991 g/mol. The normalized spacial score (nSPS) is 10.6. The number of hydrogen-bond donors (Lipinski definition) is 0. The van der Waals surface area contributed by atoms with Crippen molar-refractivity contribution in [1.29, 1.82) is 0 Å². The molecule has 0 bridgehead atoms. The van der Waals surface area contributed by atoms with Crippen LogP contribution in [0.5, 0.6) is 0 Å². The minimum absolute atomic E-state index is 0. The molecule has 2 aromatic rings. The summed E-state index contributed by atoms with van der Waals surface area (Å²) >= 11 is 0. The molecule has 0 aliphatic heterocycles. The predicted octanol–water partition coefficient (Wildman–Crippen LogP) is 16.1. The van der Waals surface area contributed by atoms with E-state index in [-0.39, 0.29) is 46.2 Å².